The van der Waals surface area contributed by atoms with Crippen molar-refractivity contribution in [1.82, 2.24) is 5.73 Å². The number of nitrogens with one attached hydrogen (secondary N) is 1. The van der Waals surface area contributed by atoms with Crippen LogP contribution in [0.1, 0.15) is 11.5 Å². The Morgan fingerprint density at radius 3 is 2.29 bits per heavy atom. The van der Waals surface area contributed by atoms with E-state index in [9.17, 15) is 9.59 Å². The van der Waals surface area contributed by atoms with Gasteiger partial charge in [0.1, 0.15) is 5.92 Å². The van der Waals surface area contributed by atoms with Crippen molar-refractivity contribution >= 4 is 11.7 Å². The van der Waals surface area contributed by atoms with Gasteiger partial charge in [0, 0.05) is 0 Å². The highest BCUT2D eigenvalue weighted by molar-refractivity contribution is 6.06. The minimum Gasteiger partial charge on any atom is -0.324 e. The molecule has 1 atom stereocenters. The quantitative estimate of drug-likeness (QED) is 0.685. The summed E-state index contributed by atoms with van der Waals surface area (Å²) in [4.78, 5) is 22.2. The fourth-order valence-corrected chi connectivity index (χ4v) is 1.25. The van der Waals surface area contributed by atoms with E-state index in [-0.39, 0.29) is 6.54 Å². The summed E-state index contributed by atoms with van der Waals surface area (Å²) in [5.74, 6) is -2.36. The largest absolute Gasteiger partial charge is 0.324 e. The molecule has 0 fully saturated rings. The summed E-state index contributed by atoms with van der Waals surface area (Å²) in [7, 11) is 0. The number of Topliss-reactive ketones (excluding diaryl/α,β-unsaturated/α-hetero) is 1. The topological polar surface area (TPSA) is 84.0 Å². The zero-order valence-corrected chi connectivity index (χ0v) is 7.57. The molecule has 0 aliphatic carbocycles. The van der Waals surface area contributed by atoms with E-state index >= 15 is 0 Å². The maximum atomic E-state index is 11.3. The summed E-state index contributed by atoms with van der Waals surface area (Å²) in [6.45, 7) is -0.218. The Labute approximate surface area is 81.9 Å². The van der Waals surface area contributed by atoms with Gasteiger partial charge in [-0.05, 0) is 5.56 Å². The van der Waals surface area contributed by atoms with Crippen LogP contribution in [0.15, 0.2) is 30.3 Å². The number of carbonyl (C=O) groups is 2. The molecule has 0 aliphatic rings. The Hall–Kier alpha value is -1.68. The molecule has 0 saturated carbocycles. The van der Waals surface area contributed by atoms with Gasteiger partial charge < -0.3 is 5.73 Å². The Balaban J connectivity index is 3.01. The van der Waals surface area contributed by atoms with Crippen molar-refractivity contribution in [3.63, 3.8) is 0 Å². The molecule has 14 heavy (non-hydrogen) atoms. The second-order valence-corrected chi connectivity index (χ2v) is 2.88. The normalized spacial score (nSPS) is 12.1. The molecule has 0 bridgehead atoms. The van der Waals surface area contributed by atoms with E-state index in [1.807, 2.05) is 0 Å². The molecule has 1 radical (unpaired) electrons. The van der Waals surface area contributed by atoms with Crippen molar-refractivity contribution in [2.45, 2.75) is 5.92 Å². The molecule has 0 aromatic heterocycles. The summed E-state index contributed by atoms with van der Waals surface area (Å²) in [6, 6.07) is 8.50. The Kier molecular flexibility index (Phi) is 3.36. The second kappa shape index (κ2) is 4.53. The van der Waals surface area contributed by atoms with Crippen LogP contribution in [0.25, 0.3) is 0 Å². The third kappa shape index (κ3) is 2.17. The molecule has 0 heterocycles. The van der Waals surface area contributed by atoms with E-state index < -0.39 is 17.6 Å². The predicted octanol–water partition coefficient (Wildman–Crippen LogP) is 0.107. The van der Waals surface area contributed by atoms with Gasteiger partial charge in [0.25, 0.3) is 5.91 Å². The van der Waals surface area contributed by atoms with Crippen LogP contribution in [0.4, 0.5) is 0 Å². The number of amides is 1. The lowest BCUT2D eigenvalue weighted by atomic mass is 9.94. The first-order chi connectivity index (χ1) is 6.66. The lowest BCUT2D eigenvalue weighted by Gasteiger charge is -2.09. The molecular formula is C10H11N2O2. The third-order valence-electron chi connectivity index (χ3n) is 1.92. The number of nitrogens with two attached hydrogens (primary N) is 1. The number of hydrogen-bond donors (Lipinski definition) is 1. The van der Waals surface area contributed by atoms with Gasteiger partial charge in [0.05, 0.1) is 6.54 Å². The summed E-state index contributed by atoms with van der Waals surface area (Å²) in [6.07, 6.45) is 0. The van der Waals surface area contributed by atoms with Crippen LogP contribution >= 0.6 is 0 Å². The first kappa shape index (κ1) is 10.4. The van der Waals surface area contributed by atoms with Crippen molar-refractivity contribution in [2.24, 2.45) is 5.73 Å². The van der Waals surface area contributed by atoms with E-state index in [1.165, 1.54) is 0 Å². The lowest BCUT2D eigenvalue weighted by molar-refractivity contribution is -0.128. The highest BCUT2D eigenvalue weighted by atomic mass is 16.2. The maximum Gasteiger partial charge on any atom is 0.253 e. The number of ketones is 1. The molecular weight excluding hydrogens is 180 g/mol. The highest BCUT2D eigenvalue weighted by Gasteiger charge is 2.24. The van der Waals surface area contributed by atoms with Crippen molar-refractivity contribution in [3.8, 4) is 0 Å². The molecule has 1 amide bonds. The van der Waals surface area contributed by atoms with Crippen molar-refractivity contribution in [2.75, 3.05) is 6.54 Å². The second-order valence-electron chi connectivity index (χ2n) is 2.88. The van der Waals surface area contributed by atoms with Crippen molar-refractivity contribution in [3.05, 3.63) is 35.9 Å². The minimum absolute atomic E-state index is 0.218. The third-order valence-corrected chi connectivity index (χ3v) is 1.92. The van der Waals surface area contributed by atoms with E-state index in [2.05, 4.69) is 0 Å². The standard InChI is InChI=1S/C10H11N2O2/c11-6-8(13)9(10(12)14)7-4-2-1-3-5-7/h1-5,9,12H,6,11H2. The number of hydrogen-bond acceptors (Lipinski definition) is 3. The first-order valence-electron chi connectivity index (χ1n) is 4.20. The average molecular weight is 191 g/mol. The molecule has 3 N–H and O–H groups in total. The average Bonchev–Trinajstić information content (AvgIpc) is 2.19. The zero-order valence-electron chi connectivity index (χ0n) is 7.57. The van der Waals surface area contributed by atoms with Crippen LogP contribution in [0.5, 0.6) is 0 Å². The van der Waals surface area contributed by atoms with Gasteiger partial charge in [-0.25, -0.2) is 0 Å². The SMILES string of the molecule is [NH]C(=O)C(C(=O)CN)c1ccccc1. The van der Waals surface area contributed by atoms with Crippen LogP contribution in [0.3, 0.4) is 0 Å². The minimum atomic E-state index is -1.03. The van der Waals surface area contributed by atoms with Crippen LogP contribution in [-0.4, -0.2) is 18.2 Å². The van der Waals surface area contributed by atoms with Gasteiger partial charge in [-0.15, -0.1) is 0 Å². The predicted molar refractivity (Wildman–Crippen MR) is 51.3 cm³/mol. The molecule has 1 aromatic rings. The van der Waals surface area contributed by atoms with Gasteiger partial charge in [0.2, 0.25) is 0 Å². The molecule has 1 rings (SSSR count). The highest BCUT2D eigenvalue weighted by Crippen LogP contribution is 2.15. The Morgan fingerprint density at radius 2 is 1.86 bits per heavy atom. The van der Waals surface area contributed by atoms with Gasteiger partial charge in [0.15, 0.2) is 5.78 Å². The van der Waals surface area contributed by atoms with Gasteiger partial charge >= 0.3 is 0 Å². The van der Waals surface area contributed by atoms with E-state index in [0.29, 0.717) is 5.56 Å². The van der Waals surface area contributed by atoms with E-state index in [0.717, 1.165) is 0 Å². The van der Waals surface area contributed by atoms with Crippen LogP contribution < -0.4 is 11.5 Å². The lowest BCUT2D eigenvalue weighted by Crippen LogP contribution is -2.28. The number of benzene rings is 1. The molecule has 4 nitrogen and oxygen atoms in total. The Bertz CT molecular complexity index is 335. The van der Waals surface area contributed by atoms with Crippen molar-refractivity contribution in [1.29, 1.82) is 0 Å². The molecule has 1 aromatic carbocycles. The van der Waals surface area contributed by atoms with Crippen molar-refractivity contribution < 1.29 is 9.59 Å². The summed E-state index contributed by atoms with van der Waals surface area (Å²) in [5.41, 5.74) is 12.7. The molecule has 0 saturated heterocycles. The summed E-state index contributed by atoms with van der Waals surface area (Å²) < 4.78 is 0. The molecule has 0 aliphatic heterocycles. The fourth-order valence-electron chi connectivity index (χ4n) is 1.25. The van der Waals surface area contributed by atoms with Crippen LogP contribution in [0, 0.1) is 0 Å². The fraction of sp³-hybridized carbons (Fsp3) is 0.200. The molecule has 0 spiro atoms. The van der Waals surface area contributed by atoms with Gasteiger partial charge in [-0.1, -0.05) is 30.3 Å². The number of carbonyl (C=O) groups excluding carboxylic acids is 2. The molecule has 73 valence electrons. The smallest absolute Gasteiger partial charge is 0.253 e. The summed E-state index contributed by atoms with van der Waals surface area (Å²) in [5, 5.41) is 0. The van der Waals surface area contributed by atoms with Crippen LogP contribution in [-0.2, 0) is 9.59 Å². The maximum absolute atomic E-state index is 11.3. The number of rotatable bonds is 4. The monoisotopic (exact) mass is 191 g/mol. The van der Waals surface area contributed by atoms with Crippen LogP contribution in [0.2, 0.25) is 0 Å². The molecule has 1 unspecified atom stereocenters. The first-order valence-corrected chi connectivity index (χ1v) is 4.20. The Morgan fingerprint density at radius 1 is 1.29 bits per heavy atom. The van der Waals surface area contributed by atoms with E-state index in [4.69, 9.17) is 11.5 Å². The van der Waals surface area contributed by atoms with Gasteiger partial charge in [-0.3, -0.25) is 15.3 Å². The summed E-state index contributed by atoms with van der Waals surface area (Å²) >= 11 is 0. The molecule has 4 heteroatoms. The van der Waals surface area contributed by atoms with E-state index in [1.54, 1.807) is 30.3 Å². The van der Waals surface area contributed by atoms with Gasteiger partial charge in [-0.2, -0.15) is 0 Å². The zero-order chi connectivity index (χ0) is 10.6.